The van der Waals surface area contributed by atoms with Crippen LogP contribution < -0.4 is 17.1 Å². The van der Waals surface area contributed by atoms with Crippen molar-refractivity contribution in [3.63, 3.8) is 0 Å². The SMILES string of the molecule is CCN(N)C(=O)CO[C@@H]1[C@H](O)[C@@H](CO)O[C@H]1n1cc(C)c(=O)[nH]c1=O. The number of hydrazine groups is 1. The van der Waals surface area contributed by atoms with Crippen molar-refractivity contribution in [1.29, 1.82) is 0 Å². The highest BCUT2D eigenvalue weighted by molar-refractivity contribution is 5.76. The number of H-pyrrole nitrogens is 1. The number of aliphatic hydroxyl groups is 2. The molecule has 0 aromatic carbocycles. The second-order valence-corrected chi connectivity index (χ2v) is 5.67. The van der Waals surface area contributed by atoms with Crippen molar-refractivity contribution in [2.45, 2.75) is 38.4 Å². The van der Waals surface area contributed by atoms with Crippen molar-refractivity contribution in [2.75, 3.05) is 19.8 Å². The predicted molar refractivity (Wildman–Crippen MR) is 84.4 cm³/mol. The number of amides is 1. The third-order valence-corrected chi connectivity index (χ3v) is 3.97. The summed E-state index contributed by atoms with van der Waals surface area (Å²) in [7, 11) is 0. The van der Waals surface area contributed by atoms with Gasteiger partial charge in [-0.05, 0) is 13.8 Å². The van der Waals surface area contributed by atoms with E-state index in [1.54, 1.807) is 6.92 Å². The number of hydrogen-bond donors (Lipinski definition) is 4. The van der Waals surface area contributed by atoms with Gasteiger partial charge in [-0.2, -0.15) is 0 Å². The summed E-state index contributed by atoms with van der Waals surface area (Å²) in [6, 6.07) is 0. The Kier molecular flexibility index (Phi) is 6.08. The van der Waals surface area contributed by atoms with Crippen molar-refractivity contribution < 1.29 is 24.5 Å². The molecule has 0 spiro atoms. The van der Waals surface area contributed by atoms with Crippen LogP contribution in [0.4, 0.5) is 0 Å². The number of hydrogen-bond acceptors (Lipinski definition) is 8. The van der Waals surface area contributed by atoms with E-state index in [0.717, 1.165) is 9.58 Å². The molecular weight excluding hydrogens is 336 g/mol. The third-order valence-electron chi connectivity index (χ3n) is 3.97. The van der Waals surface area contributed by atoms with Gasteiger partial charge in [-0.25, -0.2) is 10.6 Å². The normalized spacial score (nSPS) is 26.0. The lowest BCUT2D eigenvalue weighted by Gasteiger charge is -2.23. The van der Waals surface area contributed by atoms with Gasteiger partial charge in [-0.15, -0.1) is 0 Å². The number of nitrogens with two attached hydrogens (primary N) is 1. The monoisotopic (exact) mass is 358 g/mol. The first-order valence-electron chi connectivity index (χ1n) is 7.73. The number of aryl methyl sites for hydroxylation is 1. The number of aliphatic hydroxyl groups excluding tert-OH is 2. The first-order chi connectivity index (χ1) is 11.8. The van der Waals surface area contributed by atoms with Crippen LogP contribution in [0.5, 0.6) is 0 Å². The van der Waals surface area contributed by atoms with Crippen LogP contribution in [-0.4, -0.2) is 68.8 Å². The van der Waals surface area contributed by atoms with E-state index in [9.17, 15) is 24.6 Å². The standard InChI is InChI=1S/C14H22N4O7/c1-3-18(15)9(20)6-24-11-10(21)8(5-19)25-13(11)17-4-7(2)12(22)16-14(17)23/h4,8,10-11,13,19,21H,3,5-6,15H2,1-2H3,(H,16,22,23)/t8-,10-,11-,13-/m1/s1. The van der Waals surface area contributed by atoms with Crippen molar-refractivity contribution in [3.8, 4) is 0 Å². The zero-order valence-electron chi connectivity index (χ0n) is 13.9. The number of rotatable bonds is 6. The minimum atomic E-state index is -1.28. The topological polar surface area (TPSA) is 160 Å². The number of aromatic nitrogens is 2. The molecule has 0 unspecified atom stereocenters. The fourth-order valence-corrected chi connectivity index (χ4v) is 2.47. The fourth-order valence-electron chi connectivity index (χ4n) is 2.47. The molecule has 11 nitrogen and oxygen atoms in total. The van der Waals surface area contributed by atoms with Crippen LogP contribution in [0.3, 0.4) is 0 Å². The fraction of sp³-hybridized carbons (Fsp3) is 0.643. The van der Waals surface area contributed by atoms with Gasteiger partial charge in [0.15, 0.2) is 6.23 Å². The summed E-state index contributed by atoms with van der Waals surface area (Å²) < 4.78 is 11.9. The summed E-state index contributed by atoms with van der Waals surface area (Å²) in [5, 5.41) is 20.5. The molecule has 1 aliphatic rings. The third kappa shape index (κ3) is 3.96. The zero-order valence-corrected chi connectivity index (χ0v) is 13.9. The van der Waals surface area contributed by atoms with Crippen LogP contribution in [-0.2, 0) is 14.3 Å². The van der Waals surface area contributed by atoms with Gasteiger partial charge in [0.2, 0.25) is 0 Å². The number of carbonyl (C=O) groups excluding carboxylic acids is 1. The lowest BCUT2D eigenvalue weighted by molar-refractivity contribution is -0.143. The molecule has 0 bridgehead atoms. The van der Waals surface area contributed by atoms with E-state index >= 15 is 0 Å². The maximum Gasteiger partial charge on any atom is 0.330 e. The zero-order chi connectivity index (χ0) is 18.7. The van der Waals surface area contributed by atoms with Crippen LogP contribution in [0.1, 0.15) is 18.7 Å². The average Bonchev–Trinajstić information content (AvgIpc) is 2.90. The van der Waals surface area contributed by atoms with Crippen molar-refractivity contribution >= 4 is 5.91 Å². The number of carbonyl (C=O) groups is 1. The molecule has 1 fully saturated rings. The van der Waals surface area contributed by atoms with Crippen LogP contribution in [0.15, 0.2) is 15.8 Å². The molecule has 4 atom stereocenters. The molecular formula is C14H22N4O7. The van der Waals surface area contributed by atoms with Gasteiger partial charge in [0.25, 0.3) is 11.5 Å². The number of nitrogens with zero attached hydrogens (tertiary/aromatic N) is 2. The Morgan fingerprint density at radius 3 is 2.80 bits per heavy atom. The summed E-state index contributed by atoms with van der Waals surface area (Å²) in [6.07, 6.45) is -3.28. The first kappa shape index (κ1) is 19.3. The highest BCUT2D eigenvalue weighted by Gasteiger charge is 2.46. The predicted octanol–water partition coefficient (Wildman–Crippen LogP) is -2.80. The quantitative estimate of drug-likeness (QED) is 0.241. The van der Waals surface area contributed by atoms with E-state index in [2.05, 4.69) is 4.98 Å². The molecule has 1 aromatic heterocycles. The Morgan fingerprint density at radius 1 is 1.52 bits per heavy atom. The van der Waals surface area contributed by atoms with E-state index in [-0.39, 0.29) is 12.1 Å². The number of nitrogens with one attached hydrogen (secondary N) is 1. The minimum Gasteiger partial charge on any atom is -0.394 e. The Labute approximate surface area is 142 Å². The maximum absolute atomic E-state index is 12.1. The van der Waals surface area contributed by atoms with Gasteiger partial charge in [0.05, 0.1) is 6.61 Å². The lowest BCUT2D eigenvalue weighted by atomic mass is 10.1. The highest BCUT2D eigenvalue weighted by atomic mass is 16.6. The van der Waals surface area contributed by atoms with Crippen molar-refractivity contribution in [1.82, 2.24) is 14.6 Å². The van der Waals surface area contributed by atoms with Crippen LogP contribution >= 0.6 is 0 Å². The van der Waals surface area contributed by atoms with Gasteiger partial charge in [-0.1, -0.05) is 0 Å². The van der Waals surface area contributed by atoms with Crippen LogP contribution in [0.25, 0.3) is 0 Å². The Morgan fingerprint density at radius 2 is 2.20 bits per heavy atom. The molecule has 5 N–H and O–H groups in total. The second-order valence-electron chi connectivity index (χ2n) is 5.67. The van der Waals surface area contributed by atoms with Crippen molar-refractivity contribution in [2.24, 2.45) is 5.84 Å². The largest absolute Gasteiger partial charge is 0.394 e. The van der Waals surface area contributed by atoms with E-state index in [1.807, 2.05) is 0 Å². The Bertz CT molecular complexity index is 731. The molecule has 0 saturated carbocycles. The Hall–Kier alpha value is -2.05. The minimum absolute atomic E-state index is 0.249. The molecule has 1 amide bonds. The highest BCUT2D eigenvalue weighted by Crippen LogP contribution is 2.30. The van der Waals surface area contributed by atoms with Crippen LogP contribution in [0, 0.1) is 6.92 Å². The number of aromatic amines is 1. The van der Waals surface area contributed by atoms with E-state index in [1.165, 1.54) is 13.1 Å². The molecule has 140 valence electrons. The Balaban J connectivity index is 2.28. The number of likely N-dealkylation sites (N-methyl/N-ethyl adjacent to an activating group) is 1. The maximum atomic E-state index is 12.1. The first-order valence-corrected chi connectivity index (χ1v) is 7.73. The molecule has 2 heterocycles. The van der Waals surface area contributed by atoms with Gasteiger partial charge >= 0.3 is 5.69 Å². The summed E-state index contributed by atoms with van der Waals surface area (Å²) in [6.45, 7) is 2.49. The van der Waals surface area contributed by atoms with E-state index in [4.69, 9.17) is 15.3 Å². The molecule has 25 heavy (non-hydrogen) atoms. The molecule has 2 rings (SSSR count). The second kappa shape index (κ2) is 7.89. The lowest BCUT2D eigenvalue weighted by Crippen LogP contribution is -2.44. The van der Waals surface area contributed by atoms with Gasteiger partial charge in [0, 0.05) is 18.3 Å². The summed E-state index contributed by atoms with van der Waals surface area (Å²) >= 11 is 0. The smallest absolute Gasteiger partial charge is 0.330 e. The van der Waals surface area contributed by atoms with Gasteiger partial charge in [-0.3, -0.25) is 24.1 Å². The summed E-state index contributed by atoms with van der Waals surface area (Å²) in [4.78, 5) is 37.5. The van der Waals surface area contributed by atoms with E-state index < -0.39 is 54.9 Å². The summed E-state index contributed by atoms with van der Waals surface area (Å²) in [5.41, 5.74) is -1.06. The van der Waals surface area contributed by atoms with Crippen molar-refractivity contribution in [3.05, 3.63) is 32.6 Å². The average molecular weight is 358 g/mol. The molecule has 0 radical (unpaired) electrons. The molecule has 0 aliphatic carbocycles. The van der Waals surface area contributed by atoms with E-state index in [0.29, 0.717) is 0 Å². The van der Waals surface area contributed by atoms with Gasteiger partial charge < -0.3 is 19.7 Å². The molecule has 1 saturated heterocycles. The van der Waals surface area contributed by atoms with Gasteiger partial charge in [0.1, 0.15) is 24.9 Å². The number of ether oxygens (including phenoxy) is 2. The summed E-state index contributed by atoms with van der Waals surface area (Å²) in [5.74, 6) is 4.95. The molecule has 11 heteroatoms. The molecule has 1 aliphatic heterocycles. The van der Waals surface area contributed by atoms with Crippen LogP contribution in [0.2, 0.25) is 0 Å². The molecule has 1 aromatic rings.